The standard InChI is InChI=1S/C26H23F2NO4/c1-17(2)24(25(30)31-16-29)23-12-11-22(33-26(27)28)15-19(23)13-18-7-6-10-21(14-18)32-20-8-4-3-5-9-20/h3-12,14-15,17,24,26H,13H2,1-2H3. The molecule has 7 heteroatoms. The number of hydrogen-bond acceptors (Lipinski definition) is 5. The number of ether oxygens (including phenoxy) is 3. The SMILES string of the molecule is CC(C)C(C(=O)OC#N)c1ccc(OC(F)F)cc1Cc1cccc(Oc2ccccc2)c1. The van der Waals surface area contributed by atoms with E-state index < -0.39 is 18.5 Å². The molecule has 3 aromatic carbocycles. The summed E-state index contributed by atoms with van der Waals surface area (Å²) in [6.07, 6.45) is 1.74. The van der Waals surface area contributed by atoms with E-state index in [1.54, 1.807) is 6.07 Å². The summed E-state index contributed by atoms with van der Waals surface area (Å²) in [5, 5.41) is 8.80. The Balaban J connectivity index is 1.97. The van der Waals surface area contributed by atoms with E-state index in [-0.39, 0.29) is 11.7 Å². The smallest absolute Gasteiger partial charge is 0.387 e. The Kier molecular flexibility index (Phi) is 7.98. The molecule has 0 aromatic heterocycles. The van der Waals surface area contributed by atoms with Gasteiger partial charge in [0.15, 0.2) is 0 Å². The van der Waals surface area contributed by atoms with Crippen LogP contribution >= 0.6 is 0 Å². The third-order valence-corrected chi connectivity index (χ3v) is 5.01. The Morgan fingerprint density at radius 2 is 1.67 bits per heavy atom. The summed E-state index contributed by atoms with van der Waals surface area (Å²) >= 11 is 0. The minimum absolute atomic E-state index is 0.0170. The quantitative estimate of drug-likeness (QED) is 0.277. The number of carbonyl (C=O) groups excluding carboxylic acids is 1. The number of nitriles is 1. The molecule has 0 aliphatic carbocycles. The van der Waals surface area contributed by atoms with E-state index in [0.717, 1.165) is 5.56 Å². The fourth-order valence-electron chi connectivity index (χ4n) is 3.64. The predicted octanol–water partition coefficient (Wildman–Crippen LogP) is 6.43. The lowest BCUT2D eigenvalue weighted by atomic mass is 9.84. The second-order valence-corrected chi connectivity index (χ2v) is 7.71. The molecular formula is C26H23F2NO4. The number of alkyl halides is 2. The van der Waals surface area contributed by atoms with E-state index in [0.29, 0.717) is 29.0 Å². The molecule has 0 fully saturated rings. The van der Waals surface area contributed by atoms with Crippen molar-refractivity contribution in [3.05, 3.63) is 89.5 Å². The fraction of sp³-hybridized carbons (Fsp3) is 0.231. The summed E-state index contributed by atoms with van der Waals surface area (Å²) < 4.78 is 40.7. The van der Waals surface area contributed by atoms with Crippen molar-refractivity contribution in [1.29, 1.82) is 5.26 Å². The van der Waals surface area contributed by atoms with Crippen LogP contribution in [0.4, 0.5) is 8.78 Å². The van der Waals surface area contributed by atoms with Crippen LogP contribution in [0.25, 0.3) is 0 Å². The first-order valence-corrected chi connectivity index (χ1v) is 10.4. The molecule has 0 saturated heterocycles. The van der Waals surface area contributed by atoms with E-state index in [1.165, 1.54) is 18.4 Å². The van der Waals surface area contributed by atoms with Crippen molar-refractivity contribution < 1.29 is 27.8 Å². The van der Waals surface area contributed by atoms with Gasteiger partial charge in [0.25, 0.3) is 6.26 Å². The molecule has 0 heterocycles. The number of halogens is 2. The Bertz CT molecular complexity index is 1130. The van der Waals surface area contributed by atoms with Crippen LogP contribution in [0.2, 0.25) is 0 Å². The second-order valence-electron chi connectivity index (χ2n) is 7.71. The van der Waals surface area contributed by atoms with Gasteiger partial charge in [0.05, 0.1) is 5.92 Å². The molecule has 5 nitrogen and oxygen atoms in total. The number of nitrogens with zero attached hydrogens (tertiary/aromatic N) is 1. The van der Waals surface area contributed by atoms with Crippen molar-refractivity contribution in [2.24, 2.45) is 5.92 Å². The van der Waals surface area contributed by atoms with Crippen molar-refractivity contribution in [2.75, 3.05) is 0 Å². The Hall–Kier alpha value is -3.92. The van der Waals surface area contributed by atoms with E-state index in [2.05, 4.69) is 9.47 Å². The van der Waals surface area contributed by atoms with Crippen molar-refractivity contribution in [2.45, 2.75) is 32.8 Å². The maximum absolute atomic E-state index is 12.8. The predicted molar refractivity (Wildman–Crippen MR) is 118 cm³/mol. The highest BCUT2D eigenvalue weighted by molar-refractivity contribution is 5.80. The molecule has 0 saturated carbocycles. The topological polar surface area (TPSA) is 68.6 Å². The maximum atomic E-state index is 12.8. The first kappa shape index (κ1) is 23.7. The van der Waals surface area contributed by atoms with Crippen molar-refractivity contribution >= 4 is 5.97 Å². The van der Waals surface area contributed by atoms with E-state index in [1.807, 2.05) is 68.4 Å². The first-order valence-electron chi connectivity index (χ1n) is 10.4. The number of hydrogen-bond donors (Lipinski definition) is 0. The lowest BCUT2D eigenvalue weighted by molar-refractivity contribution is -0.139. The second kappa shape index (κ2) is 11.1. The van der Waals surface area contributed by atoms with Crippen molar-refractivity contribution in [3.63, 3.8) is 0 Å². The summed E-state index contributed by atoms with van der Waals surface area (Å²) in [6.45, 7) is 0.673. The maximum Gasteiger partial charge on any atom is 0.387 e. The van der Waals surface area contributed by atoms with Crippen LogP contribution in [0.3, 0.4) is 0 Å². The van der Waals surface area contributed by atoms with Gasteiger partial charge in [0, 0.05) is 0 Å². The average Bonchev–Trinajstić information content (AvgIpc) is 2.76. The van der Waals surface area contributed by atoms with Gasteiger partial charge in [-0.1, -0.05) is 50.2 Å². The highest BCUT2D eigenvalue weighted by Crippen LogP contribution is 2.33. The molecule has 0 radical (unpaired) electrons. The third-order valence-electron chi connectivity index (χ3n) is 5.01. The molecule has 0 N–H and O–H groups in total. The number of carbonyl (C=O) groups is 1. The molecule has 0 spiro atoms. The molecule has 170 valence electrons. The zero-order valence-corrected chi connectivity index (χ0v) is 18.2. The van der Waals surface area contributed by atoms with Crippen LogP contribution in [0.15, 0.2) is 72.8 Å². The number of benzene rings is 3. The summed E-state index contributed by atoms with van der Waals surface area (Å²) in [4.78, 5) is 12.5. The molecular weight excluding hydrogens is 428 g/mol. The van der Waals surface area contributed by atoms with Crippen LogP contribution in [0.1, 0.15) is 36.5 Å². The number of esters is 1. The summed E-state index contributed by atoms with van der Waals surface area (Å²) in [5.74, 6) is -0.358. The van der Waals surface area contributed by atoms with Crippen LogP contribution in [-0.2, 0) is 16.0 Å². The number of para-hydroxylation sites is 1. The fourth-order valence-corrected chi connectivity index (χ4v) is 3.64. The van der Waals surface area contributed by atoms with Gasteiger partial charge in [0.1, 0.15) is 17.2 Å². The van der Waals surface area contributed by atoms with Gasteiger partial charge >= 0.3 is 12.6 Å². The summed E-state index contributed by atoms with van der Waals surface area (Å²) in [5.41, 5.74) is 2.04. The Morgan fingerprint density at radius 1 is 0.939 bits per heavy atom. The van der Waals surface area contributed by atoms with Gasteiger partial charge in [-0.3, -0.25) is 4.79 Å². The van der Waals surface area contributed by atoms with Gasteiger partial charge in [-0.25, -0.2) is 0 Å². The molecule has 1 atom stereocenters. The summed E-state index contributed by atoms with van der Waals surface area (Å²) in [6, 6.07) is 21.1. The lowest BCUT2D eigenvalue weighted by Gasteiger charge is -2.22. The minimum Gasteiger partial charge on any atom is -0.457 e. The average molecular weight is 451 g/mol. The van der Waals surface area contributed by atoms with Crippen LogP contribution in [0, 0.1) is 17.4 Å². The van der Waals surface area contributed by atoms with Gasteiger partial charge in [-0.2, -0.15) is 8.78 Å². The Morgan fingerprint density at radius 3 is 2.33 bits per heavy atom. The van der Waals surface area contributed by atoms with Crippen LogP contribution in [0.5, 0.6) is 17.2 Å². The van der Waals surface area contributed by atoms with Crippen LogP contribution < -0.4 is 9.47 Å². The zero-order valence-electron chi connectivity index (χ0n) is 18.2. The van der Waals surface area contributed by atoms with E-state index in [4.69, 9.17) is 10.00 Å². The normalized spacial score (nSPS) is 11.7. The molecule has 33 heavy (non-hydrogen) atoms. The molecule has 3 aromatic rings. The lowest BCUT2D eigenvalue weighted by Crippen LogP contribution is -2.21. The molecule has 0 aliphatic heterocycles. The molecule has 0 aliphatic rings. The molecule has 0 bridgehead atoms. The van der Waals surface area contributed by atoms with Crippen molar-refractivity contribution in [3.8, 4) is 23.5 Å². The Labute approximate surface area is 191 Å². The van der Waals surface area contributed by atoms with Gasteiger partial charge < -0.3 is 14.2 Å². The highest BCUT2D eigenvalue weighted by Gasteiger charge is 2.29. The van der Waals surface area contributed by atoms with E-state index in [9.17, 15) is 13.6 Å². The van der Waals surface area contributed by atoms with Gasteiger partial charge in [0.2, 0.25) is 0 Å². The van der Waals surface area contributed by atoms with E-state index >= 15 is 0 Å². The van der Waals surface area contributed by atoms with Crippen molar-refractivity contribution in [1.82, 2.24) is 0 Å². The molecule has 0 amide bonds. The number of rotatable bonds is 9. The highest BCUT2D eigenvalue weighted by atomic mass is 19.3. The minimum atomic E-state index is -2.98. The largest absolute Gasteiger partial charge is 0.457 e. The first-order chi connectivity index (χ1) is 15.9. The third kappa shape index (κ3) is 6.53. The van der Waals surface area contributed by atoms with Gasteiger partial charge in [-0.05, 0) is 65.4 Å². The molecule has 1 unspecified atom stereocenters. The molecule has 3 rings (SSSR count). The monoisotopic (exact) mass is 451 g/mol. The zero-order chi connectivity index (χ0) is 23.8. The van der Waals surface area contributed by atoms with Crippen LogP contribution in [-0.4, -0.2) is 12.6 Å². The summed E-state index contributed by atoms with van der Waals surface area (Å²) in [7, 11) is 0. The van der Waals surface area contributed by atoms with Gasteiger partial charge in [-0.15, -0.1) is 5.26 Å².